The number of alkyl halides is 7. The highest BCUT2D eigenvalue weighted by Crippen LogP contribution is 2.53. The van der Waals surface area contributed by atoms with E-state index in [0.717, 1.165) is 12.1 Å². The topological polar surface area (TPSA) is 81.5 Å². The molecule has 1 fully saturated rings. The lowest BCUT2D eigenvalue weighted by Gasteiger charge is -2.39. The quantitative estimate of drug-likeness (QED) is 0.323. The fourth-order valence-corrected chi connectivity index (χ4v) is 3.50. The second kappa shape index (κ2) is 7.45. The minimum Gasteiger partial charge on any atom is -0.446 e. The van der Waals surface area contributed by atoms with Crippen molar-refractivity contribution in [2.75, 3.05) is 11.5 Å². The molecule has 5 N–H and O–H groups in total. The van der Waals surface area contributed by atoms with Crippen molar-refractivity contribution < 1.29 is 40.6 Å². The van der Waals surface area contributed by atoms with Gasteiger partial charge in [0.1, 0.15) is 11.7 Å². The smallest absolute Gasteiger partial charge is 0.421 e. The van der Waals surface area contributed by atoms with Crippen molar-refractivity contribution in [3.63, 3.8) is 0 Å². The first-order chi connectivity index (χ1) is 15.3. The summed E-state index contributed by atoms with van der Waals surface area (Å²) in [5.41, 5.74) is 10.5. The molecule has 172 valence electrons. The van der Waals surface area contributed by atoms with Gasteiger partial charge in [-0.1, -0.05) is 17.9 Å². The molecule has 0 saturated heterocycles. The van der Waals surface area contributed by atoms with Gasteiger partial charge in [-0.25, -0.2) is 8.78 Å². The summed E-state index contributed by atoms with van der Waals surface area (Å²) in [6.45, 7) is 0. The molecule has 0 spiro atoms. The summed E-state index contributed by atoms with van der Waals surface area (Å²) >= 11 is 0. The van der Waals surface area contributed by atoms with Crippen molar-refractivity contribution in [1.82, 2.24) is 0 Å². The average molecular weight is 470 g/mol. The van der Waals surface area contributed by atoms with E-state index in [1.54, 1.807) is 0 Å². The molecule has 0 amide bonds. The van der Waals surface area contributed by atoms with E-state index in [1.165, 1.54) is 24.3 Å². The van der Waals surface area contributed by atoms with Crippen LogP contribution >= 0.6 is 0 Å². The average Bonchev–Trinajstić information content (AvgIpc) is 2.74. The molecular weight excluding hydrogens is 457 g/mol. The van der Waals surface area contributed by atoms with Crippen LogP contribution < -0.4 is 16.2 Å². The lowest BCUT2D eigenvalue weighted by Crippen LogP contribution is -2.51. The third kappa shape index (κ3) is 3.66. The molecular formula is C22H13F7N2O2. The van der Waals surface area contributed by atoms with Crippen LogP contribution in [0.3, 0.4) is 0 Å². The van der Waals surface area contributed by atoms with E-state index in [-0.39, 0.29) is 5.56 Å². The van der Waals surface area contributed by atoms with Gasteiger partial charge in [0.25, 0.3) is 6.43 Å². The number of halogens is 7. The van der Waals surface area contributed by atoms with Gasteiger partial charge in [-0.15, -0.1) is 0 Å². The van der Waals surface area contributed by atoms with Gasteiger partial charge in [0.05, 0.1) is 11.3 Å². The van der Waals surface area contributed by atoms with Crippen LogP contribution in [0.2, 0.25) is 0 Å². The fraction of sp³-hybridized carbons (Fsp3) is 0.182. The molecule has 1 saturated carbocycles. The Labute approximate surface area is 181 Å². The SMILES string of the molecule is Nc1ccc(-c2cc(OC3=C=C=C4C(=C3C(F)(F)F)C(O)C4(F)F)c(N)c(C(F)F)c2)cc1. The third-order valence-electron chi connectivity index (χ3n) is 5.17. The van der Waals surface area contributed by atoms with Crippen LogP contribution in [0, 0.1) is 0 Å². The van der Waals surface area contributed by atoms with Crippen LogP contribution in [-0.2, 0) is 0 Å². The molecule has 11 heteroatoms. The second-order valence-corrected chi connectivity index (χ2v) is 7.27. The lowest BCUT2D eigenvalue weighted by molar-refractivity contribution is -0.112. The highest BCUT2D eigenvalue weighted by atomic mass is 19.4. The molecule has 0 bridgehead atoms. The number of anilines is 2. The Morgan fingerprint density at radius 1 is 1.00 bits per heavy atom. The Hall–Kier alpha value is -3.65. The van der Waals surface area contributed by atoms with E-state index in [4.69, 9.17) is 16.2 Å². The number of benzene rings is 2. The molecule has 2 aliphatic rings. The summed E-state index contributed by atoms with van der Waals surface area (Å²) in [4.78, 5) is 0. The zero-order chi connectivity index (χ0) is 24.3. The van der Waals surface area contributed by atoms with Gasteiger partial charge in [0.2, 0.25) is 0 Å². The van der Waals surface area contributed by atoms with E-state index in [2.05, 4.69) is 0 Å². The summed E-state index contributed by atoms with van der Waals surface area (Å²) < 4.78 is 101. The predicted octanol–water partition coefficient (Wildman–Crippen LogP) is 5.28. The van der Waals surface area contributed by atoms with Crippen molar-refractivity contribution in [1.29, 1.82) is 0 Å². The highest BCUT2D eigenvalue weighted by molar-refractivity contribution is 5.74. The maximum Gasteiger partial charge on any atom is 0.421 e. The van der Waals surface area contributed by atoms with Crippen molar-refractivity contribution in [3.8, 4) is 16.9 Å². The summed E-state index contributed by atoms with van der Waals surface area (Å²) in [7, 11) is 0. The number of rotatable bonds is 4. The second-order valence-electron chi connectivity index (χ2n) is 7.27. The number of nitrogens with two attached hydrogens (primary N) is 2. The maximum atomic E-state index is 13.7. The number of allylic oxidation sites excluding steroid dienone is 1. The number of fused-ring (bicyclic) bond motifs is 1. The Bertz CT molecular complexity index is 1280. The number of hydrogen-bond acceptors (Lipinski definition) is 4. The van der Waals surface area contributed by atoms with Gasteiger partial charge in [0, 0.05) is 16.8 Å². The Morgan fingerprint density at radius 3 is 2.21 bits per heavy atom. The molecule has 33 heavy (non-hydrogen) atoms. The number of ether oxygens (including phenoxy) is 1. The summed E-state index contributed by atoms with van der Waals surface area (Å²) in [5.74, 6) is -5.67. The zero-order valence-electron chi connectivity index (χ0n) is 16.3. The standard InChI is InChI=1S/C22H13F7N2O2/c23-20(24)12-7-10(9-1-3-11(30)4-2-9)8-15(18(12)31)33-14-6-5-13-16(17(14)22(27,28)29)19(32)21(13,25)26/h1-4,7-8,19-20,32H,30-31H2. The largest absolute Gasteiger partial charge is 0.446 e. The van der Waals surface area contributed by atoms with Gasteiger partial charge < -0.3 is 21.3 Å². The normalized spacial score (nSPS) is 19.1. The minimum absolute atomic E-state index is 0.127. The monoisotopic (exact) mass is 470 g/mol. The molecule has 2 aromatic carbocycles. The van der Waals surface area contributed by atoms with E-state index < -0.39 is 64.1 Å². The maximum absolute atomic E-state index is 13.7. The molecule has 1 atom stereocenters. The number of nitrogen functional groups attached to an aromatic ring is 2. The Balaban J connectivity index is 1.87. The molecule has 0 aliphatic heterocycles. The van der Waals surface area contributed by atoms with E-state index >= 15 is 0 Å². The van der Waals surface area contributed by atoms with Crippen LogP contribution in [0.4, 0.5) is 42.1 Å². The molecule has 1 unspecified atom stereocenters. The van der Waals surface area contributed by atoms with Crippen LogP contribution in [0.5, 0.6) is 5.75 Å². The summed E-state index contributed by atoms with van der Waals surface area (Å²) in [5, 5.41) is 9.58. The molecule has 0 heterocycles. The fourth-order valence-electron chi connectivity index (χ4n) is 3.50. The van der Waals surface area contributed by atoms with Crippen LogP contribution in [0.15, 0.2) is 70.3 Å². The van der Waals surface area contributed by atoms with Gasteiger partial charge in [0.15, 0.2) is 11.5 Å². The third-order valence-corrected chi connectivity index (χ3v) is 5.17. The van der Waals surface area contributed by atoms with Gasteiger partial charge in [-0.05, 0) is 41.1 Å². The number of aliphatic hydroxyl groups is 1. The molecule has 0 radical (unpaired) electrons. The number of aliphatic hydroxyl groups excluding tert-OH is 1. The van der Waals surface area contributed by atoms with Gasteiger partial charge in [-0.2, -0.15) is 22.0 Å². The van der Waals surface area contributed by atoms with Crippen molar-refractivity contribution in [2.24, 2.45) is 0 Å². The zero-order valence-corrected chi connectivity index (χ0v) is 16.3. The van der Waals surface area contributed by atoms with Crippen molar-refractivity contribution >= 4 is 11.4 Å². The van der Waals surface area contributed by atoms with E-state index in [9.17, 15) is 35.8 Å². The van der Waals surface area contributed by atoms with Crippen LogP contribution in [-0.4, -0.2) is 23.3 Å². The summed E-state index contributed by atoms with van der Waals surface area (Å²) in [6.07, 6.45) is -11.1. The highest BCUT2D eigenvalue weighted by Gasteiger charge is 2.62. The van der Waals surface area contributed by atoms with Gasteiger partial charge in [-0.3, -0.25) is 0 Å². The first-order valence-corrected chi connectivity index (χ1v) is 9.22. The van der Waals surface area contributed by atoms with E-state index in [1.807, 2.05) is 11.5 Å². The first kappa shape index (κ1) is 22.5. The predicted molar refractivity (Wildman–Crippen MR) is 104 cm³/mol. The first-order valence-electron chi connectivity index (χ1n) is 9.22. The lowest BCUT2D eigenvalue weighted by atomic mass is 9.74. The Morgan fingerprint density at radius 2 is 1.64 bits per heavy atom. The van der Waals surface area contributed by atoms with Gasteiger partial charge >= 0.3 is 12.1 Å². The molecule has 4 rings (SSSR count). The minimum atomic E-state index is -5.24. The van der Waals surface area contributed by atoms with Crippen molar-refractivity contribution in [2.45, 2.75) is 24.6 Å². The number of hydrogen-bond donors (Lipinski definition) is 3. The molecule has 0 aromatic heterocycles. The van der Waals surface area contributed by atoms with Crippen LogP contribution in [0.1, 0.15) is 12.0 Å². The van der Waals surface area contributed by atoms with Crippen molar-refractivity contribution in [3.05, 3.63) is 75.9 Å². The molecule has 4 nitrogen and oxygen atoms in total. The molecule has 2 aliphatic carbocycles. The molecule has 2 aromatic rings. The summed E-state index contributed by atoms with van der Waals surface area (Å²) in [6, 6.07) is 8.11. The van der Waals surface area contributed by atoms with E-state index in [0.29, 0.717) is 11.3 Å². The van der Waals surface area contributed by atoms with Crippen LogP contribution in [0.25, 0.3) is 11.1 Å². The Kier molecular flexibility index (Phi) is 5.09.